The Morgan fingerprint density at radius 1 is 0.962 bits per heavy atom. The van der Waals surface area contributed by atoms with E-state index in [1.807, 2.05) is 6.07 Å². The molecule has 0 unspecified atom stereocenters. The third-order valence-electron chi connectivity index (χ3n) is 3.39. The van der Waals surface area contributed by atoms with E-state index in [-0.39, 0.29) is 5.88 Å². The first kappa shape index (κ1) is 19.5. The second kappa shape index (κ2) is 8.50. The lowest BCUT2D eigenvalue weighted by Gasteiger charge is -2.16. The van der Waals surface area contributed by atoms with Gasteiger partial charge in [-0.3, -0.25) is 0 Å². The summed E-state index contributed by atoms with van der Waals surface area (Å²) in [5, 5.41) is 3.11. The molecule has 0 amide bonds. The fourth-order valence-electron chi connectivity index (χ4n) is 2.23. The number of alkyl halides is 3. The zero-order valence-corrected chi connectivity index (χ0v) is 14.5. The molecular weight excluding hydrogens is 353 g/mol. The molecule has 0 bridgehead atoms. The first-order valence-corrected chi connectivity index (χ1v) is 7.55. The van der Waals surface area contributed by atoms with Gasteiger partial charge in [0.25, 0.3) is 0 Å². The van der Waals surface area contributed by atoms with Crippen molar-refractivity contribution in [2.24, 2.45) is 0 Å². The van der Waals surface area contributed by atoms with Crippen LogP contribution >= 0.6 is 0 Å². The summed E-state index contributed by atoms with van der Waals surface area (Å²) in [7, 11) is 4.57. The lowest BCUT2D eigenvalue weighted by Crippen LogP contribution is -2.19. The molecule has 0 atom stereocenters. The van der Waals surface area contributed by atoms with E-state index in [0.717, 1.165) is 5.56 Å². The Morgan fingerprint density at radius 3 is 2.23 bits per heavy atom. The molecule has 142 valence electrons. The van der Waals surface area contributed by atoms with Gasteiger partial charge in [0.05, 0.1) is 33.2 Å². The quantitative estimate of drug-likeness (QED) is 0.763. The fourth-order valence-corrected chi connectivity index (χ4v) is 2.23. The summed E-state index contributed by atoms with van der Waals surface area (Å²) < 4.78 is 56.9. The molecule has 2 rings (SSSR count). The van der Waals surface area contributed by atoms with Crippen molar-refractivity contribution in [3.8, 4) is 23.1 Å². The second-order valence-corrected chi connectivity index (χ2v) is 5.14. The van der Waals surface area contributed by atoms with E-state index < -0.39 is 12.8 Å². The van der Waals surface area contributed by atoms with Crippen molar-refractivity contribution < 1.29 is 32.1 Å². The Balaban J connectivity index is 2.04. The molecule has 1 N–H and O–H groups in total. The summed E-state index contributed by atoms with van der Waals surface area (Å²) in [5.41, 5.74) is 1.42. The van der Waals surface area contributed by atoms with Crippen molar-refractivity contribution in [2.45, 2.75) is 12.7 Å². The van der Waals surface area contributed by atoms with Crippen molar-refractivity contribution in [1.29, 1.82) is 0 Å². The number of halogens is 3. The molecule has 1 aromatic carbocycles. The van der Waals surface area contributed by atoms with E-state index in [0.29, 0.717) is 29.5 Å². The molecule has 0 aliphatic carbocycles. The Labute approximate surface area is 148 Å². The minimum atomic E-state index is -4.40. The van der Waals surface area contributed by atoms with E-state index >= 15 is 0 Å². The number of pyridine rings is 1. The second-order valence-electron chi connectivity index (χ2n) is 5.14. The highest BCUT2D eigenvalue weighted by Crippen LogP contribution is 2.39. The Bertz CT molecular complexity index is 721. The molecule has 1 heterocycles. The summed E-state index contributed by atoms with van der Waals surface area (Å²) in [6.07, 6.45) is -3.01. The Morgan fingerprint density at radius 2 is 1.69 bits per heavy atom. The van der Waals surface area contributed by atoms with Gasteiger partial charge in [-0.15, -0.1) is 0 Å². The van der Waals surface area contributed by atoms with Crippen molar-refractivity contribution >= 4 is 5.69 Å². The van der Waals surface area contributed by atoms with Crippen LogP contribution in [0.25, 0.3) is 0 Å². The lowest BCUT2D eigenvalue weighted by atomic mass is 10.1. The van der Waals surface area contributed by atoms with Gasteiger partial charge in [0, 0.05) is 18.2 Å². The van der Waals surface area contributed by atoms with E-state index in [2.05, 4.69) is 15.0 Å². The molecule has 26 heavy (non-hydrogen) atoms. The van der Waals surface area contributed by atoms with Crippen LogP contribution in [0.1, 0.15) is 5.56 Å². The SMILES string of the molecule is COc1ccc(CNc2ccc(OCC(F)(F)F)nc2)c(OC)c1OC. The Hall–Kier alpha value is -2.84. The van der Waals surface area contributed by atoms with Crippen LogP contribution in [0.2, 0.25) is 0 Å². The minimum absolute atomic E-state index is 0.100. The van der Waals surface area contributed by atoms with Gasteiger partial charge in [-0.05, 0) is 18.2 Å². The fraction of sp³-hybridized carbons (Fsp3) is 0.353. The van der Waals surface area contributed by atoms with Crippen LogP contribution in [0.15, 0.2) is 30.5 Å². The first-order valence-electron chi connectivity index (χ1n) is 7.55. The third-order valence-corrected chi connectivity index (χ3v) is 3.39. The number of ether oxygens (including phenoxy) is 4. The number of nitrogens with one attached hydrogen (secondary N) is 1. The number of hydrogen-bond acceptors (Lipinski definition) is 6. The van der Waals surface area contributed by atoms with E-state index in [1.54, 1.807) is 12.1 Å². The van der Waals surface area contributed by atoms with Crippen molar-refractivity contribution in [1.82, 2.24) is 4.98 Å². The molecular formula is C17H19F3N2O4. The number of aromatic nitrogens is 1. The zero-order chi connectivity index (χ0) is 19.2. The van der Waals surface area contributed by atoms with Crippen LogP contribution < -0.4 is 24.3 Å². The predicted octanol–water partition coefficient (Wildman–Crippen LogP) is 3.66. The van der Waals surface area contributed by atoms with Gasteiger partial charge in [0.15, 0.2) is 18.1 Å². The van der Waals surface area contributed by atoms with Gasteiger partial charge in [0.1, 0.15) is 0 Å². The summed E-state index contributed by atoms with van der Waals surface area (Å²) in [4.78, 5) is 3.84. The average molecular weight is 372 g/mol. The summed E-state index contributed by atoms with van der Waals surface area (Å²) in [6, 6.07) is 6.51. The summed E-state index contributed by atoms with van der Waals surface area (Å²) in [6.45, 7) is -0.996. The van der Waals surface area contributed by atoms with Gasteiger partial charge in [-0.1, -0.05) is 0 Å². The standard InChI is InChI=1S/C17H19F3N2O4/c1-23-13-6-4-11(15(24-2)16(13)25-3)8-21-12-5-7-14(22-9-12)26-10-17(18,19)20/h4-7,9,21H,8,10H2,1-3H3. The van der Waals surface area contributed by atoms with Gasteiger partial charge in [-0.25, -0.2) is 4.98 Å². The number of hydrogen-bond donors (Lipinski definition) is 1. The maximum Gasteiger partial charge on any atom is 0.422 e. The maximum absolute atomic E-state index is 12.1. The largest absolute Gasteiger partial charge is 0.493 e. The van der Waals surface area contributed by atoms with Crippen molar-refractivity contribution in [3.63, 3.8) is 0 Å². The lowest BCUT2D eigenvalue weighted by molar-refractivity contribution is -0.154. The molecule has 9 heteroatoms. The van der Waals surface area contributed by atoms with E-state index in [9.17, 15) is 13.2 Å². The van der Waals surface area contributed by atoms with Crippen LogP contribution in [0.5, 0.6) is 23.1 Å². The molecule has 6 nitrogen and oxygen atoms in total. The highest BCUT2D eigenvalue weighted by molar-refractivity contribution is 5.57. The first-order chi connectivity index (χ1) is 12.4. The molecule has 0 aliphatic heterocycles. The van der Waals surface area contributed by atoms with Crippen LogP contribution in [0.4, 0.5) is 18.9 Å². The topological polar surface area (TPSA) is 61.8 Å². The average Bonchev–Trinajstić information content (AvgIpc) is 2.63. The number of nitrogens with zero attached hydrogens (tertiary/aromatic N) is 1. The van der Waals surface area contributed by atoms with Crippen molar-refractivity contribution in [3.05, 3.63) is 36.0 Å². The number of methoxy groups -OCH3 is 3. The molecule has 1 aromatic heterocycles. The van der Waals surface area contributed by atoms with Crippen LogP contribution in [-0.2, 0) is 6.54 Å². The van der Waals surface area contributed by atoms with E-state index in [1.165, 1.54) is 33.6 Å². The predicted molar refractivity (Wildman–Crippen MR) is 89.2 cm³/mol. The maximum atomic E-state index is 12.1. The van der Waals surface area contributed by atoms with Gasteiger partial charge in [-0.2, -0.15) is 13.2 Å². The molecule has 0 aliphatic rings. The molecule has 2 aromatic rings. The van der Waals surface area contributed by atoms with Crippen LogP contribution in [0, 0.1) is 0 Å². The number of rotatable bonds is 8. The summed E-state index contributed by atoms with van der Waals surface area (Å²) >= 11 is 0. The monoisotopic (exact) mass is 372 g/mol. The van der Waals surface area contributed by atoms with E-state index in [4.69, 9.17) is 14.2 Å². The molecule has 0 saturated carbocycles. The molecule has 0 fully saturated rings. The third kappa shape index (κ3) is 5.08. The van der Waals surface area contributed by atoms with Crippen LogP contribution in [-0.4, -0.2) is 39.1 Å². The van der Waals surface area contributed by atoms with Gasteiger partial charge >= 0.3 is 6.18 Å². The summed E-state index contributed by atoms with van der Waals surface area (Å²) in [5.74, 6) is 1.44. The van der Waals surface area contributed by atoms with Gasteiger partial charge < -0.3 is 24.3 Å². The minimum Gasteiger partial charge on any atom is -0.493 e. The molecule has 0 spiro atoms. The zero-order valence-electron chi connectivity index (χ0n) is 14.5. The van der Waals surface area contributed by atoms with Crippen LogP contribution in [0.3, 0.4) is 0 Å². The Kier molecular flexibility index (Phi) is 6.37. The van der Waals surface area contributed by atoms with Gasteiger partial charge in [0.2, 0.25) is 11.6 Å². The normalized spacial score (nSPS) is 11.0. The highest BCUT2D eigenvalue weighted by Gasteiger charge is 2.28. The highest BCUT2D eigenvalue weighted by atomic mass is 19.4. The smallest absolute Gasteiger partial charge is 0.422 e. The number of benzene rings is 1. The van der Waals surface area contributed by atoms with Crippen molar-refractivity contribution in [2.75, 3.05) is 33.3 Å². The molecule has 0 saturated heterocycles. The number of anilines is 1. The molecule has 0 radical (unpaired) electrons.